The van der Waals surface area contributed by atoms with Crippen LogP contribution in [0, 0.1) is 5.92 Å². The molecule has 21 heavy (non-hydrogen) atoms. The van der Waals surface area contributed by atoms with E-state index in [0.29, 0.717) is 19.6 Å². The van der Waals surface area contributed by atoms with Gasteiger partial charge >= 0.3 is 6.03 Å². The van der Waals surface area contributed by atoms with Gasteiger partial charge in [0.1, 0.15) is 9.84 Å². The second-order valence-corrected chi connectivity index (χ2v) is 8.83. The SMILES string of the molecule is CS(=O)(=O)CC1CCCN(C(=O)NCCc2cccs2)C1. The van der Waals surface area contributed by atoms with Crippen molar-refractivity contribution in [3.63, 3.8) is 0 Å². The lowest BCUT2D eigenvalue weighted by molar-refractivity contribution is 0.170. The van der Waals surface area contributed by atoms with Gasteiger partial charge < -0.3 is 10.2 Å². The summed E-state index contributed by atoms with van der Waals surface area (Å²) in [6, 6.07) is 3.98. The Kier molecular flexibility index (Phi) is 5.64. The molecule has 0 aromatic carbocycles. The van der Waals surface area contributed by atoms with Crippen LogP contribution in [0.4, 0.5) is 4.79 Å². The molecule has 1 N–H and O–H groups in total. The Morgan fingerprint density at radius 1 is 1.52 bits per heavy atom. The highest BCUT2D eigenvalue weighted by atomic mass is 32.2. The van der Waals surface area contributed by atoms with Crippen LogP contribution in [-0.2, 0) is 16.3 Å². The monoisotopic (exact) mass is 330 g/mol. The molecule has 1 atom stereocenters. The minimum Gasteiger partial charge on any atom is -0.338 e. The van der Waals surface area contributed by atoms with Crippen LogP contribution in [0.15, 0.2) is 17.5 Å². The van der Waals surface area contributed by atoms with Gasteiger partial charge in [0.2, 0.25) is 0 Å². The van der Waals surface area contributed by atoms with Crippen LogP contribution in [0.1, 0.15) is 17.7 Å². The van der Waals surface area contributed by atoms with E-state index in [1.54, 1.807) is 16.2 Å². The van der Waals surface area contributed by atoms with Crippen LogP contribution in [0.2, 0.25) is 0 Å². The lowest BCUT2D eigenvalue weighted by atomic mass is 10.0. The number of hydrogen-bond acceptors (Lipinski definition) is 4. The van der Waals surface area contributed by atoms with Gasteiger partial charge in [-0.1, -0.05) is 6.07 Å². The van der Waals surface area contributed by atoms with Crippen molar-refractivity contribution in [2.45, 2.75) is 19.3 Å². The van der Waals surface area contributed by atoms with E-state index in [4.69, 9.17) is 0 Å². The molecule has 2 amide bonds. The maximum Gasteiger partial charge on any atom is 0.317 e. The number of piperidine rings is 1. The number of sulfone groups is 1. The summed E-state index contributed by atoms with van der Waals surface area (Å²) in [5.41, 5.74) is 0. The number of nitrogens with one attached hydrogen (secondary N) is 1. The fourth-order valence-electron chi connectivity index (χ4n) is 2.67. The number of carbonyl (C=O) groups is 1. The normalized spacial score (nSPS) is 19.5. The number of amides is 2. The van der Waals surface area contributed by atoms with E-state index in [0.717, 1.165) is 19.3 Å². The predicted octanol–water partition coefficient (Wildman–Crippen LogP) is 1.76. The van der Waals surface area contributed by atoms with E-state index in [9.17, 15) is 13.2 Å². The first kappa shape index (κ1) is 16.3. The number of thiophene rings is 1. The largest absolute Gasteiger partial charge is 0.338 e. The van der Waals surface area contributed by atoms with Crippen LogP contribution in [0.25, 0.3) is 0 Å². The fourth-order valence-corrected chi connectivity index (χ4v) is 4.51. The molecule has 1 aromatic heterocycles. The van der Waals surface area contributed by atoms with Crippen molar-refractivity contribution in [3.05, 3.63) is 22.4 Å². The minimum absolute atomic E-state index is 0.0665. The molecule has 1 aliphatic rings. The van der Waals surface area contributed by atoms with Crippen molar-refractivity contribution in [1.29, 1.82) is 0 Å². The third-order valence-corrected chi connectivity index (χ3v) is 5.59. The van der Waals surface area contributed by atoms with Gasteiger partial charge in [-0.05, 0) is 36.6 Å². The average Bonchev–Trinajstić information content (AvgIpc) is 2.90. The molecule has 0 aliphatic carbocycles. The van der Waals surface area contributed by atoms with E-state index in [2.05, 4.69) is 11.4 Å². The molecule has 0 bridgehead atoms. The van der Waals surface area contributed by atoms with Crippen molar-refractivity contribution in [3.8, 4) is 0 Å². The van der Waals surface area contributed by atoms with E-state index >= 15 is 0 Å². The Bertz CT molecular complexity index is 555. The summed E-state index contributed by atoms with van der Waals surface area (Å²) in [5, 5.41) is 4.94. The summed E-state index contributed by atoms with van der Waals surface area (Å²) in [4.78, 5) is 15.1. The van der Waals surface area contributed by atoms with Gasteiger partial charge in [-0.3, -0.25) is 0 Å². The standard InChI is InChI=1S/C14H22N2O3S2/c1-21(18,19)11-12-4-2-8-16(10-12)14(17)15-7-6-13-5-3-9-20-13/h3,5,9,12H,2,4,6-8,10-11H2,1H3,(H,15,17). The van der Waals surface area contributed by atoms with Crippen LogP contribution < -0.4 is 5.32 Å². The van der Waals surface area contributed by atoms with Gasteiger partial charge in [-0.2, -0.15) is 0 Å². The second kappa shape index (κ2) is 7.26. The zero-order chi connectivity index (χ0) is 15.3. The van der Waals surface area contributed by atoms with Crippen molar-refractivity contribution >= 4 is 27.2 Å². The summed E-state index contributed by atoms with van der Waals surface area (Å²) in [5.74, 6) is 0.239. The van der Waals surface area contributed by atoms with E-state index in [1.165, 1.54) is 11.1 Å². The first-order chi connectivity index (χ1) is 9.94. The number of carbonyl (C=O) groups excluding carboxylic acids is 1. The molecule has 1 fully saturated rings. The highest BCUT2D eigenvalue weighted by Gasteiger charge is 2.25. The zero-order valence-electron chi connectivity index (χ0n) is 12.2. The molecule has 118 valence electrons. The maximum absolute atomic E-state index is 12.1. The Morgan fingerprint density at radius 3 is 3.00 bits per heavy atom. The number of hydrogen-bond donors (Lipinski definition) is 1. The lowest BCUT2D eigenvalue weighted by Gasteiger charge is -2.32. The smallest absolute Gasteiger partial charge is 0.317 e. The summed E-state index contributed by atoms with van der Waals surface area (Å²) in [7, 11) is -2.98. The Labute approximate surface area is 130 Å². The first-order valence-electron chi connectivity index (χ1n) is 7.17. The molecule has 7 heteroatoms. The predicted molar refractivity (Wildman–Crippen MR) is 85.4 cm³/mol. The molecule has 0 radical (unpaired) electrons. The van der Waals surface area contributed by atoms with Gasteiger partial charge in [0.05, 0.1) is 5.75 Å². The van der Waals surface area contributed by atoms with Crippen molar-refractivity contribution < 1.29 is 13.2 Å². The lowest BCUT2D eigenvalue weighted by Crippen LogP contribution is -2.47. The second-order valence-electron chi connectivity index (χ2n) is 5.61. The van der Waals surface area contributed by atoms with Crippen LogP contribution >= 0.6 is 11.3 Å². The highest BCUT2D eigenvalue weighted by molar-refractivity contribution is 7.90. The van der Waals surface area contributed by atoms with E-state index < -0.39 is 9.84 Å². The molecular weight excluding hydrogens is 308 g/mol. The molecule has 2 heterocycles. The number of nitrogens with zero attached hydrogens (tertiary/aromatic N) is 1. The van der Waals surface area contributed by atoms with E-state index in [1.807, 2.05) is 11.4 Å². The zero-order valence-corrected chi connectivity index (χ0v) is 13.9. The third-order valence-electron chi connectivity index (χ3n) is 3.57. The highest BCUT2D eigenvalue weighted by Crippen LogP contribution is 2.18. The van der Waals surface area contributed by atoms with Gasteiger partial charge in [0.25, 0.3) is 0 Å². The van der Waals surface area contributed by atoms with Crippen molar-refractivity contribution in [1.82, 2.24) is 10.2 Å². The maximum atomic E-state index is 12.1. The molecule has 2 rings (SSSR count). The van der Waals surface area contributed by atoms with E-state index in [-0.39, 0.29) is 17.7 Å². The Balaban J connectivity index is 1.76. The van der Waals surface area contributed by atoms with Crippen LogP contribution in [0.5, 0.6) is 0 Å². The number of rotatable bonds is 5. The number of likely N-dealkylation sites (tertiary alicyclic amines) is 1. The van der Waals surface area contributed by atoms with Crippen molar-refractivity contribution in [2.24, 2.45) is 5.92 Å². The molecule has 1 aliphatic heterocycles. The molecule has 5 nitrogen and oxygen atoms in total. The first-order valence-corrected chi connectivity index (χ1v) is 10.1. The number of urea groups is 1. The summed E-state index contributed by atoms with van der Waals surface area (Å²) < 4.78 is 22.7. The Hall–Kier alpha value is -1.08. The molecule has 0 spiro atoms. The fraction of sp³-hybridized carbons (Fsp3) is 0.643. The van der Waals surface area contributed by atoms with Gasteiger partial charge in [-0.25, -0.2) is 13.2 Å². The quantitative estimate of drug-likeness (QED) is 0.894. The van der Waals surface area contributed by atoms with Crippen LogP contribution in [0.3, 0.4) is 0 Å². The third kappa shape index (κ3) is 5.67. The Morgan fingerprint density at radius 2 is 2.33 bits per heavy atom. The molecule has 1 aromatic rings. The van der Waals surface area contributed by atoms with Crippen molar-refractivity contribution in [2.75, 3.05) is 31.6 Å². The van der Waals surface area contributed by atoms with Gasteiger partial charge in [-0.15, -0.1) is 11.3 Å². The average molecular weight is 330 g/mol. The summed E-state index contributed by atoms with van der Waals surface area (Å²) in [6.07, 6.45) is 3.85. The molecular formula is C14H22N2O3S2. The van der Waals surface area contributed by atoms with Gasteiger partial charge in [0, 0.05) is 30.8 Å². The van der Waals surface area contributed by atoms with Gasteiger partial charge in [0.15, 0.2) is 0 Å². The molecule has 1 unspecified atom stereocenters. The molecule has 1 saturated heterocycles. The topological polar surface area (TPSA) is 66.5 Å². The van der Waals surface area contributed by atoms with Crippen LogP contribution in [-0.4, -0.2) is 51.0 Å². The molecule has 0 saturated carbocycles. The summed E-state index contributed by atoms with van der Waals surface area (Å²) >= 11 is 1.69. The summed E-state index contributed by atoms with van der Waals surface area (Å²) in [6.45, 7) is 1.87. The minimum atomic E-state index is -2.98.